The summed E-state index contributed by atoms with van der Waals surface area (Å²) in [5.74, 6) is 1.12. The molecule has 0 saturated heterocycles. The molecule has 0 heterocycles. The molecule has 0 aromatic heterocycles. The first-order chi connectivity index (χ1) is 8.47. The van der Waals surface area contributed by atoms with Crippen LogP contribution in [0.5, 0.6) is 5.75 Å². The van der Waals surface area contributed by atoms with Crippen LogP contribution in [-0.2, 0) is 0 Å². The number of nitrogens with one attached hydrogen (secondary N) is 1. The highest BCUT2D eigenvalue weighted by Gasteiger charge is 1.99. The number of benzene rings is 1. The van der Waals surface area contributed by atoms with Crippen LogP contribution in [0.3, 0.4) is 0 Å². The zero-order valence-electron chi connectivity index (χ0n) is 11.0. The molecule has 0 unspecified atom stereocenters. The zero-order chi connectivity index (χ0) is 13.5. The van der Waals surface area contributed by atoms with E-state index < -0.39 is 0 Å². The van der Waals surface area contributed by atoms with E-state index in [9.17, 15) is 0 Å². The van der Waals surface area contributed by atoms with Crippen LogP contribution >= 0.6 is 35.6 Å². The molecule has 1 aromatic rings. The third-order valence-electron chi connectivity index (χ3n) is 1.92. The van der Waals surface area contributed by atoms with Crippen molar-refractivity contribution in [1.82, 2.24) is 0 Å². The first-order valence-corrected chi connectivity index (χ1v) is 6.02. The Morgan fingerprint density at radius 1 is 1.42 bits per heavy atom. The van der Waals surface area contributed by atoms with Crippen LogP contribution in [0.2, 0.25) is 0 Å². The average Bonchev–Trinajstić information content (AvgIpc) is 2.28. The number of hydrogen-bond donors (Lipinski definition) is 2. The van der Waals surface area contributed by atoms with Crippen molar-refractivity contribution < 1.29 is 4.74 Å². The topological polar surface area (TPSA) is 59.6 Å². The monoisotopic (exact) mass is 395 g/mol. The molecule has 0 radical (unpaired) electrons. The van der Waals surface area contributed by atoms with Gasteiger partial charge in [-0.3, -0.25) is 0 Å². The number of ether oxygens (including phenoxy) is 1. The molecule has 0 aliphatic carbocycles. The van der Waals surface area contributed by atoms with Crippen LogP contribution < -0.4 is 15.8 Å². The van der Waals surface area contributed by atoms with Gasteiger partial charge in [-0.1, -0.05) is 18.2 Å². The Balaban J connectivity index is 0.00000324. The van der Waals surface area contributed by atoms with E-state index in [2.05, 4.69) is 16.9 Å². The smallest absolute Gasteiger partial charge is 0.193 e. The number of halogens is 2. The Bertz CT molecular complexity index is 432. The molecule has 19 heavy (non-hydrogen) atoms. The van der Waals surface area contributed by atoms with Crippen LogP contribution in [0.15, 0.2) is 40.9 Å². The van der Waals surface area contributed by atoms with E-state index in [0.717, 1.165) is 11.4 Å². The second kappa shape index (κ2) is 9.03. The van der Waals surface area contributed by atoms with Gasteiger partial charge < -0.3 is 15.8 Å². The fraction of sp³-hybridized carbons (Fsp3) is 0.308. The van der Waals surface area contributed by atoms with E-state index in [0.29, 0.717) is 17.5 Å². The predicted molar refractivity (Wildman–Crippen MR) is 92.7 cm³/mol. The van der Waals surface area contributed by atoms with Crippen molar-refractivity contribution in [1.29, 1.82) is 0 Å². The van der Waals surface area contributed by atoms with Crippen molar-refractivity contribution in [3.05, 3.63) is 35.9 Å². The third kappa shape index (κ3) is 7.94. The van der Waals surface area contributed by atoms with Gasteiger partial charge in [0, 0.05) is 10.7 Å². The number of aliphatic imine (C=N–C) groups is 1. The summed E-state index contributed by atoms with van der Waals surface area (Å²) in [6.45, 7) is 7.80. The molecule has 0 amide bonds. The molecule has 0 bridgehead atoms. The van der Waals surface area contributed by atoms with E-state index in [4.69, 9.17) is 22.1 Å². The molecule has 1 aromatic carbocycles. The number of nitrogens with zero attached hydrogens (tertiary/aromatic N) is 1. The SMILES string of the molecule is C=C(Cl)CN=C(N)Nc1ccc(OC(C)C)cc1.I. The largest absolute Gasteiger partial charge is 0.491 e. The van der Waals surface area contributed by atoms with Crippen LogP contribution in [0, 0.1) is 0 Å². The summed E-state index contributed by atoms with van der Waals surface area (Å²) in [6.07, 6.45) is 0.158. The van der Waals surface area contributed by atoms with Gasteiger partial charge in [-0.15, -0.1) is 24.0 Å². The zero-order valence-corrected chi connectivity index (χ0v) is 14.1. The Morgan fingerprint density at radius 2 is 2.00 bits per heavy atom. The third-order valence-corrected chi connectivity index (χ3v) is 2.04. The summed E-state index contributed by atoms with van der Waals surface area (Å²) in [5.41, 5.74) is 6.52. The van der Waals surface area contributed by atoms with Crippen LogP contribution in [-0.4, -0.2) is 18.6 Å². The van der Waals surface area contributed by atoms with E-state index in [1.54, 1.807) is 0 Å². The number of guanidine groups is 1. The summed E-state index contributed by atoms with van der Waals surface area (Å²) in [6, 6.07) is 7.48. The first kappa shape index (κ1) is 18.0. The Kier molecular flexibility index (Phi) is 8.58. The van der Waals surface area contributed by atoms with Crippen LogP contribution in [0.4, 0.5) is 5.69 Å². The second-order valence-electron chi connectivity index (χ2n) is 4.03. The molecular weight excluding hydrogens is 377 g/mol. The molecule has 0 atom stereocenters. The number of nitrogens with two attached hydrogens (primary N) is 1. The average molecular weight is 396 g/mol. The summed E-state index contributed by atoms with van der Waals surface area (Å²) >= 11 is 5.59. The van der Waals surface area contributed by atoms with Gasteiger partial charge in [0.2, 0.25) is 0 Å². The molecular formula is C13H19ClIN3O. The van der Waals surface area contributed by atoms with E-state index >= 15 is 0 Å². The fourth-order valence-corrected chi connectivity index (χ4v) is 1.31. The summed E-state index contributed by atoms with van der Waals surface area (Å²) in [4.78, 5) is 4.01. The number of hydrogen-bond acceptors (Lipinski definition) is 2. The lowest BCUT2D eigenvalue weighted by Gasteiger charge is -2.10. The van der Waals surface area contributed by atoms with Gasteiger partial charge in [0.1, 0.15) is 5.75 Å². The molecule has 0 spiro atoms. The number of anilines is 1. The summed E-state index contributed by atoms with van der Waals surface area (Å²) < 4.78 is 5.53. The molecule has 0 aliphatic heterocycles. The molecule has 1 rings (SSSR count). The van der Waals surface area contributed by atoms with E-state index in [1.165, 1.54) is 0 Å². The highest BCUT2D eigenvalue weighted by molar-refractivity contribution is 14.0. The van der Waals surface area contributed by atoms with Gasteiger partial charge in [-0.05, 0) is 38.1 Å². The maximum absolute atomic E-state index is 5.68. The quantitative estimate of drug-likeness (QED) is 0.455. The maximum atomic E-state index is 5.68. The number of rotatable bonds is 5. The van der Waals surface area contributed by atoms with Crippen molar-refractivity contribution in [2.45, 2.75) is 20.0 Å². The van der Waals surface area contributed by atoms with Crippen molar-refractivity contribution >= 4 is 47.2 Å². The van der Waals surface area contributed by atoms with Gasteiger partial charge in [0.15, 0.2) is 5.96 Å². The normalized spacial score (nSPS) is 10.8. The minimum absolute atomic E-state index is 0. The predicted octanol–water partition coefficient (Wildman–Crippen LogP) is 3.57. The lowest BCUT2D eigenvalue weighted by Crippen LogP contribution is -2.22. The van der Waals surface area contributed by atoms with Gasteiger partial charge >= 0.3 is 0 Å². The van der Waals surface area contributed by atoms with Gasteiger partial charge in [0.25, 0.3) is 0 Å². The van der Waals surface area contributed by atoms with Gasteiger partial charge in [0.05, 0.1) is 12.6 Å². The van der Waals surface area contributed by atoms with Crippen molar-refractivity contribution in [3.63, 3.8) is 0 Å². The molecule has 106 valence electrons. The molecule has 3 N–H and O–H groups in total. The second-order valence-corrected chi connectivity index (χ2v) is 4.57. The summed E-state index contributed by atoms with van der Waals surface area (Å²) in [7, 11) is 0. The highest BCUT2D eigenvalue weighted by Crippen LogP contribution is 2.16. The van der Waals surface area contributed by atoms with Gasteiger partial charge in [-0.25, -0.2) is 4.99 Å². The Labute approximate surface area is 136 Å². The van der Waals surface area contributed by atoms with E-state index in [1.807, 2.05) is 38.1 Å². The van der Waals surface area contributed by atoms with Crippen molar-refractivity contribution in [2.75, 3.05) is 11.9 Å². The van der Waals surface area contributed by atoms with E-state index in [-0.39, 0.29) is 30.1 Å². The summed E-state index contributed by atoms with van der Waals surface area (Å²) in [5, 5.41) is 3.40. The first-order valence-electron chi connectivity index (χ1n) is 5.64. The minimum atomic E-state index is 0. The minimum Gasteiger partial charge on any atom is -0.491 e. The maximum Gasteiger partial charge on any atom is 0.193 e. The Hall–Kier alpha value is -0.950. The Morgan fingerprint density at radius 3 is 2.47 bits per heavy atom. The fourth-order valence-electron chi connectivity index (χ4n) is 1.25. The van der Waals surface area contributed by atoms with Crippen LogP contribution in [0.25, 0.3) is 0 Å². The van der Waals surface area contributed by atoms with Crippen molar-refractivity contribution in [3.8, 4) is 5.75 Å². The lowest BCUT2D eigenvalue weighted by molar-refractivity contribution is 0.242. The molecule has 0 saturated carbocycles. The lowest BCUT2D eigenvalue weighted by atomic mass is 10.3. The van der Waals surface area contributed by atoms with Crippen LogP contribution in [0.1, 0.15) is 13.8 Å². The standard InChI is InChI=1S/C13H18ClN3O.HI/c1-9(2)18-12-6-4-11(5-7-12)17-13(15)16-8-10(3)14;/h4-7,9H,3,8H2,1-2H3,(H3,15,16,17);1H. The molecule has 6 heteroatoms. The molecule has 0 aliphatic rings. The molecule has 0 fully saturated rings. The van der Waals surface area contributed by atoms with Crippen molar-refractivity contribution in [2.24, 2.45) is 10.7 Å². The molecule has 4 nitrogen and oxygen atoms in total. The highest BCUT2D eigenvalue weighted by atomic mass is 127. The van der Waals surface area contributed by atoms with Gasteiger partial charge in [-0.2, -0.15) is 0 Å².